The minimum absolute atomic E-state index is 0.0924. The zero-order chi connectivity index (χ0) is 19.9. The van der Waals surface area contributed by atoms with Crippen LogP contribution in [-0.4, -0.2) is 16.7 Å². The fourth-order valence-corrected chi connectivity index (χ4v) is 4.68. The summed E-state index contributed by atoms with van der Waals surface area (Å²) in [6, 6.07) is 22.7. The number of fused-ring (bicyclic) bond motifs is 3. The lowest BCUT2D eigenvalue weighted by Gasteiger charge is -2.22. The highest BCUT2D eigenvalue weighted by atomic mass is 32.2. The van der Waals surface area contributed by atoms with Gasteiger partial charge in [-0.15, -0.1) is 0 Å². The van der Waals surface area contributed by atoms with Crippen molar-refractivity contribution in [3.05, 3.63) is 83.4 Å². The van der Waals surface area contributed by atoms with E-state index in [1.807, 2.05) is 36.4 Å². The van der Waals surface area contributed by atoms with Gasteiger partial charge in [-0.05, 0) is 59.5 Å². The summed E-state index contributed by atoms with van der Waals surface area (Å²) in [4.78, 5) is 14.8. The Labute approximate surface area is 169 Å². The molecular weight excluding hydrogens is 366 g/mol. The Morgan fingerprint density at radius 3 is 2.21 bits per heavy atom. The third kappa shape index (κ3) is 3.04. The molecule has 3 aromatic carbocycles. The third-order valence-electron chi connectivity index (χ3n) is 5.37. The number of hydrogen-bond acceptors (Lipinski definition) is 4. The lowest BCUT2D eigenvalue weighted by Crippen LogP contribution is -2.17. The first kappa shape index (κ1) is 18.5. The lowest BCUT2D eigenvalue weighted by molar-refractivity contribution is 0.106. The maximum absolute atomic E-state index is 12.4. The molecule has 28 heavy (non-hydrogen) atoms. The zero-order valence-electron chi connectivity index (χ0n) is 16.1. The highest BCUT2D eigenvalue weighted by Crippen LogP contribution is 2.50. The molecule has 0 heterocycles. The van der Waals surface area contributed by atoms with Crippen LogP contribution in [0.4, 0.5) is 0 Å². The Balaban J connectivity index is 1.75. The van der Waals surface area contributed by atoms with Gasteiger partial charge in [0.1, 0.15) is 5.71 Å². The van der Waals surface area contributed by atoms with Gasteiger partial charge < -0.3 is 5.21 Å². The van der Waals surface area contributed by atoms with E-state index in [2.05, 4.69) is 49.3 Å². The van der Waals surface area contributed by atoms with Crippen LogP contribution in [0.5, 0.6) is 0 Å². The van der Waals surface area contributed by atoms with E-state index in [-0.39, 0.29) is 16.9 Å². The summed E-state index contributed by atoms with van der Waals surface area (Å²) in [5, 5.41) is 12.0. The largest absolute Gasteiger partial charge is 0.411 e. The van der Waals surface area contributed by atoms with Gasteiger partial charge in [-0.25, -0.2) is 0 Å². The van der Waals surface area contributed by atoms with Gasteiger partial charge in [0.15, 0.2) is 0 Å². The fraction of sp³-hybridized carbons (Fsp3) is 0.167. The number of ketones is 1. The van der Waals surface area contributed by atoms with Crippen molar-refractivity contribution < 1.29 is 10.0 Å². The molecule has 3 aromatic rings. The molecule has 0 aliphatic heterocycles. The van der Waals surface area contributed by atoms with Gasteiger partial charge >= 0.3 is 0 Å². The molecule has 0 fully saturated rings. The molecule has 4 heteroatoms. The monoisotopic (exact) mass is 387 g/mol. The van der Waals surface area contributed by atoms with E-state index < -0.39 is 0 Å². The van der Waals surface area contributed by atoms with Gasteiger partial charge in [0.2, 0.25) is 5.78 Å². The molecule has 0 atom stereocenters. The van der Waals surface area contributed by atoms with E-state index in [4.69, 9.17) is 5.21 Å². The van der Waals surface area contributed by atoms with E-state index in [0.717, 1.165) is 11.1 Å². The number of carbonyl (C=O) groups excluding carboxylic acids is 1. The average molecular weight is 388 g/mol. The van der Waals surface area contributed by atoms with Crippen LogP contribution >= 0.6 is 11.8 Å². The summed E-state index contributed by atoms with van der Waals surface area (Å²) >= 11 is 1.75. The molecule has 4 rings (SSSR count). The smallest absolute Gasteiger partial charge is 0.210 e. The van der Waals surface area contributed by atoms with Crippen LogP contribution < -0.4 is 0 Å². The summed E-state index contributed by atoms with van der Waals surface area (Å²) in [5.41, 5.74) is 5.19. The van der Waals surface area contributed by atoms with E-state index in [1.54, 1.807) is 11.8 Å². The summed E-state index contributed by atoms with van der Waals surface area (Å²) in [6.07, 6.45) is 0. The van der Waals surface area contributed by atoms with Crippen LogP contribution in [0.25, 0.3) is 11.1 Å². The third-order valence-corrected chi connectivity index (χ3v) is 6.36. The topological polar surface area (TPSA) is 49.7 Å². The summed E-state index contributed by atoms with van der Waals surface area (Å²) in [6.45, 7) is 5.90. The van der Waals surface area contributed by atoms with Gasteiger partial charge in [0.05, 0.1) is 0 Å². The van der Waals surface area contributed by atoms with Crippen LogP contribution in [0.1, 0.15) is 42.3 Å². The van der Waals surface area contributed by atoms with Gasteiger partial charge in [0, 0.05) is 20.8 Å². The summed E-state index contributed by atoms with van der Waals surface area (Å²) < 4.78 is 0. The summed E-state index contributed by atoms with van der Waals surface area (Å²) in [7, 11) is 0. The first-order chi connectivity index (χ1) is 13.4. The molecular formula is C24H21NO2S. The van der Waals surface area contributed by atoms with Crippen molar-refractivity contribution in [2.45, 2.75) is 36.0 Å². The first-order valence-corrected chi connectivity index (χ1v) is 9.99. The highest BCUT2D eigenvalue weighted by Gasteiger charge is 2.36. The van der Waals surface area contributed by atoms with Gasteiger partial charge in [-0.3, -0.25) is 4.79 Å². The summed E-state index contributed by atoms with van der Waals surface area (Å²) in [5.74, 6) is -0.252. The fourth-order valence-electron chi connectivity index (χ4n) is 3.80. The molecule has 1 aliphatic rings. The predicted octanol–water partition coefficient (Wildman–Crippen LogP) is 6.18. The van der Waals surface area contributed by atoms with Crippen molar-refractivity contribution in [3.8, 4) is 11.1 Å². The van der Waals surface area contributed by atoms with Gasteiger partial charge in [0.25, 0.3) is 0 Å². The van der Waals surface area contributed by atoms with Crippen molar-refractivity contribution in [2.75, 3.05) is 0 Å². The second-order valence-corrected chi connectivity index (χ2v) is 8.67. The number of Topliss-reactive ketones (excluding diaryl/α,β-unsaturated/α-hetero) is 1. The van der Waals surface area contributed by atoms with Crippen molar-refractivity contribution in [1.82, 2.24) is 0 Å². The molecule has 0 unspecified atom stereocenters. The van der Waals surface area contributed by atoms with E-state index >= 15 is 0 Å². The van der Waals surface area contributed by atoms with Crippen molar-refractivity contribution in [3.63, 3.8) is 0 Å². The molecule has 0 spiro atoms. The first-order valence-electron chi connectivity index (χ1n) is 9.17. The van der Waals surface area contributed by atoms with Crippen LogP contribution in [0.15, 0.2) is 81.7 Å². The van der Waals surface area contributed by atoms with E-state index in [0.29, 0.717) is 5.56 Å². The molecule has 3 nitrogen and oxygen atoms in total. The van der Waals surface area contributed by atoms with E-state index in [9.17, 15) is 4.79 Å². The SMILES string of the molecule is CC(=NO)C(=O)c1ccc2c(c1)C(C)(C)c1cc(Sc3ccccc3)ccc1-2. The van der Waals surface area contributed by atoms with Crippen LogP contribution in [0, 0.1) is 0 Å². The molecule has 0 saturated heterocycles. The zero-order valence-corrected chi connectivity index (χ0v) is 16.9. The average Bonchev–Trinajstić information content (AvgIpc) is 2.94. The minimum atomic E-state index is -0.252. The van der Waals surface area contributed by atoms with Crippen LogP contribution in [0.3, 0.4) is 0 Å². The number of oxime groups is 1. The molecule has 0 amide bonds. The van der Waals surface area contributed by atoms with E-state index in [1.165, 1.54) is 27.8 Å². The Morgan fingerprint density at radius 2 is 1.54 bits per heavy atom. The van der Waals surface area contributed by atoms with Crippen molar-refractivity contribution in [1.29, 1.82) is 0 Å². The molecule has 0 bridgehead atoms. The number of benzene rings is 3. The Bertz CT molecular complexity index is 1100. The molecule has 0 radical (unpaired) electrons. The van der Waals surface area contributed by atoms with Crippen molar-refractivity contribution in [2.24, 2.45) is 5.16 Å². The molecule has 140 valence electrons. The lowest BCUT2D eigenvalue weighted by atomic mass is 9.81. The Kier molecular flexibility index (Phi) is 4.60. The quantitative estimate of drug-likeness (QED) is 0.252. The second-order valence-electron chi connectivity index (χ2n) is 7.52. The number of rotatable bonds is 4. The van der Waals surface area contributed by atoms with Crippen LogP contribution in [-0.2, 0) is 5.41 Å². The van der Waals surface area contributed by atoms with Crippen LogP contribution in [0.2, 0.25) is 0 Å². The molecule has 0 saturated carbocycles. The van der Waals surface area contributed by atoms with Gasteiger partial charge in [-0.1, -0.05) is 67.2 Å². The standard InChI is InChI=1S/C24H21NO2S/c1-15(25-27)23(26)16-9-11-19-20-12-10-18(28-17-7-5-4-6-8-17)14-22(20)24(2,3)21(19)13-16/h4-14,27H,1-3H3. The number of nitrogens with zero attached hydrogens (tertiary/aromatic N) is 1. The maximum Gasteiger partial charge on any atom is 0.210 e. The highest BCUT2D eigenvalue weighted by molar-refractivity contribution is 7.99. The second kappa shape index (κ2) is 6.95. The Hall–Kier alpha value is -2.85. The predicted molar refractivity (Wildman–Crippen MR) is 114 cm³/mol. The number of hydrogen-bond donors (Lipinski definition) is 1. The van der Waals surface area contributed by atoms with Crippen molar-refractivity contribution >= 4 is 23.3 Å². The Morgan fingerprint density at radius 1 is 0.893 bits per heavy atom. The maximum atomic E-state index is 12.4. The van der Waals surface area contributed by atoms with Gasteiger partial charge in [-0.2, -0.15) is 0 Å². The minimum Gasteiger partial charge on any atom is -0.411 e. The number of carbonyl (C=O) groups is 1. The normalized spacial score (nSPS) is 14.5. The molecule has 1 N–H and O–H groups in total. The molecule has 0 aromatic heterocycles. The molecule has 1 aliphatic carbocycles.